The maximum absolute atomic E-state index is 12.5. The molecule has 1 aromatic heterocycles. The predicted octanol–water partition coefficient (Wildman–Crippen LogP) is 2.27. The monoisotopic (exact) mass is 292 g/mol. The van der Waals surface area contributed by atoms with Gasteiger partial charge in [-0.05, 0) is 18.9 Å². The molecule has 2 aliphatic rings. The van der Waals surface area contributed by atoms with Crippen molar-refractivity contribution in [3.63, 3.8) is 0 Å². The molecule has 0 unspecified atom stereocenters. The number of rotatable bonds is 1. The van der Waals surface area contributed by atoms with Gasteiger partial charge in [-0.3, -0.25) is 9.59 Å². The molecule has 1 saturated heterocycles. The van der Waals surface area contributed by atoms with Gasteiger partial charge in [0.2, 0.25) is 5.56 Å². The van der Waals surface area contributed by atoms with Crippen molar-refractivity contribution in [2.24, 2.45) is 0 Å². The first-order valence-corrected chi connectivity index (χ1v) is 8.29. The topological polar surface area (TPSA) is 53.2 Å². The zero-order chi connectivity index (χ0) is 14.0. The number of aromatic amines is 1. The molecule has 2 heterocycles. The van der Waals surface area contributed by atoms with Crippen LogP contribution in [0.15, 0.2) is 23.1 Å². The minimum Gasteiger partial charge on any atom is -0.336 e. The molecular weight excluding hydrogens is 272 g/mol. The lowest BCUT2D eigenvalue weighted by molar-refractivity contribution is 0.0730. The number of carbonyl (C=O) groups excluding carboxylic acids is 1. The van der Waals surface area contributed by atoms with Crippen molar-refractivity contribution in [3.05, 3.63) is 34.2 Å². The Hall–Kier alpha value is -1.23. The molecule has 0 bridgehead atoms. The molecule has 1 spiro atoms. The minimum atomic E-state index is -0.213. The summed E-state index contributed by atoms with van der Waals surface area (Å²) in [7, 11) is 0. The Morgan fingerprint density at radius 1 is 1.30 bits per heavy atom. The lowest BCUT2D eigenvalue weighted by Crippen LogP contribution is -2.50. The highest BCUT2D eigenvalue weighted by atomic mass is 32.2. The molecule has 1 aromatic rings. The van der Waals surface area contributed by atoms with Gasteiger partial charge in [0, 0.05) is 41.4 Å². The van der Waals surface area contributed by atoms with E-state index >= 15 is 0 Å². The van der Waals surface area contributed by atoms with Gasteiger partial charge in [-0.15, -0.1) is 0 Å². The Balaban J connectivity index is 1.76. The lowest BCUT2D eigenvalue weighted by atomic mass is 9.87. The van der Waals surface area contributed by atoms with Crippen molar-refractivity contribution in [1.29, 1.82) is 0 Å². The maximum Gasteiger partial charge on any atom is 0.254 e. The van der Waals surface area contributed by atoms with Crippen molar-refractivity contribution in [2.75, 3.05) is 18.8 Å². The number of hydrogen-bond acceptors (Lipinski definition) is 3. The first kappa shape index (κ1) is 13.7. The molecule has 4 nitrogen and oxygen atoms in total. The van der Waals surface area contributed by atoms with Crippen molar-refractivity contribution in [1.82, 2.24) is 9.88 Å². The van der Waals surface area contributed by atoms with Gasteiger partial charge in [0.25, 0.3) is 5.91 Å². The number of aromatic nitrogens is 1. The molecule has 108 valence electrons. The highest BCUT2D eigenvalue weighted by Gasteiger charge is 2.38. The van der Waals surface area contributed by atoms with Gasteiger partial charge in [0.15, 0.2) is 0 Å². The van der Waals surface area contributed by atoms with Crippen LogP contribution in [0.25, 0.3) is 0 Å². The fraction of sp³-hybridized carbons (Fsp3) is 0.600. The van der Waals surface area contributed by atoms with Crippen LogP contribution in [-0.2, 0) is 0 Å². The zero-order valence-electron chi connectivity index (χ0n) is 11.6. The summed E-state index contributed by atoms with van der Waals surface area (Å²) in [5, 5.41) is 0. The molecule has 0 atom stereocenters. The summed E-state index contributed by atoms with van der Waals surface area (Å²) < 4.78 is 0.271. The smallest absolute Gasteiger partial charge is 0.254 e. The fourth-order valence-corrected chi connectivity index (χ4v) is 4.85. The minimum absolute atomic E-state index is 0.00125. The molecular formula is C15H20N2O2S. The Morgan fingerprint density at radius 2 is 2.10 bits per heavy atom. The molecule has 1 aliphatic carbocycles. The number of carbonyl (C=O) groups is 1. The van der Waals surface area contributed by atoms with E-state index in [0.29, 0.717) is 5.56 Å². The van der Waals surface area contributed by atoms with Crippen molar-refractivity contribution in [2.45, 2.75) is 36.9 Å². The lowest BCUT2D eigenvalue weighted by Gasteiger charge is -2.44. The van der Waals surface area contributed by atoms with E-state index in [1.54, 1.807) is 12.3 Å². The number of thioether (sulfide) groups is 1. The van der Waals surface area contributed by atoms with Crippen LogP contribution in [0.1, 0.15) is 42.5 Å². The van der Waals surface area contributed by atoms with E-state index in [1.807, 2.05) is 16.7 Å². The highest BCUT2D eigenvalue weighted by molar-refractivity contribution is 8.00. The molecule has 1 N–H and O–H groups in total. The van der Waals surface area contributed by atoms with Gasteiger partial charge in [-0.25, -0.2) is 0 Å². The third-order valence-corrected chi connectivity index (χ3v) is 5.86. The first-order chi connectivity index (χ1) is 9.69. The quantitative estimate of drug-likeness (QED) is 0.864. The van der Waals surface area contributed by atoms with Crippen LogP contribution < -0.4 is 5.56 Å². The van der Waals surface area contributed by atoms with Gasteiger partial charge in [0.1, 0.15) is 0 Å². The largest absolute Gasteiger partial charge is 0.336 e. The van der Waals surface area contributed by atoms with Crippen molar-refractivity contribution < 1.29 is 4.79 Å². The molecule has 0 aromatic carbocycles. The van der Waals surface area contributed by atoms with Gasteiger partial charge >= 0.3 is 0 Å². The molecule has 5 heteroatoms. The number of nitrogens with one attached hydrogen (secondary N) is 1. The Labute approximate surface area is 122 Å². The molecule has 20 heavy (non-hydrogen) atoms. The predicted molar refractivity (Wildman–Crippen MR) is 81.2 cm³/mol. The van der Waals surface area contributed by atoms with E-state index in [9.17, 15) is 9.59 Å². The SMILES string of the molecule is O=C(c1cc[nH]c(=O)c1)N1CCSC2(CCCCC2)C1. The summed E-state index contributed by atoms with van der Waals surface area (Å²) in [5.74, 6) is 1.01. The van der Waals surface area contributed by atoms with E-state index in [2.05, 4.69) is 4.98 Å². The zero-order valence-corrected chi connectivity index (χ0v) is 12.4. The van der Waals surface area contributed by atoms with E-state index in [-0.39, 0.29) is 16.2 Å². The average molecular weight is 292 g/mol. The second-order valence-electron chi connectivity index (χ2n) is 5.76. The van der Waals surface area contributed by atoms with Crippen molar-refractivity contribution >= 4 is 17.7 Å². The fourth-order valence-electron chi connectivity index (χ4n) is 3.28. The third-order valence-electron chi connectivity index (χ3n) is 4.32. The molecule has 3 rings (SSSR count). The van der Waals surface area contributed by atoms with E-state index in [4.69, 9.17) is 0 Å². The Kier molecular flexibility index (Phi) is 3.87. The van der Waals surface area contributed by atoms with Gasteiger partial charge in [-0.2, -0.15) is 11.8 Å². The number of H-pyrrole nitrogens is 1. The van der Waals surface area contributed by atoms with Crippen LogP contribution >= 0.6 is 11.8 Å². The highest BCUT2D eigenvalue weighted by Crippen LogP contribution is 2.42. The number of hydrogen-bond donors (Lipinski definition) is 1. The van der Waals surface area contributed by atoms with E-state index in [1.165, 1.54) is 38.2 Å². The van der Waals surface area contributed by atoms with Crippen LogP contribution in [0.4, 0.5) is 0 Å². The number of nitrogens with zero attached hydrogens (tertiary/aromatic N) is 1. The molecule has 0 radical (unpaired) electrons. The van der Waals surface area contributed by atoms with Crippen LogP contribution in [0.2, 0.25) is 0 Å². The van der Waals surface area contributed by atoms with Crippen molar-refractivity contribution in [3.8, 4) is 0 Å². The third kappa shape index (κ3) is 2.77. The van der Waals surface area contributed by atoms with Crippen LogP contribution in [0.5, 0.6) is 0 Å². The summed E-state index contributed by atoms with van der Waals surface area (Å²) in [6, 6.07) is 3.09. The van der Waals surface area contributed by atoms with Crippen LogP contribution in [-0.4, -0.2) is 39.4 Å². The second kappa shape index (κ2) is 5.64. The molecule has 1 amide bonds. The standard InChI is InChI=1S/C15H20N2O2S/c18-13-10-12(4-7-16-13)14(19)17-8-9-20-15(11-17)5-2-1-3-6-15/h4,7,10H,1-3,5-6,8-9,11H2,(H,16,18). The Bertz CT molecular complexity index is 543. The molecule has 1 aliphatic heterocycles. The summed E-state index contributed by atoms with van der Waals surface area (Å²) in [6.45, 7) is 1.63. The summed E-state index contributed by atoms with van der Waals surface area (Å²) >= 11 is 2.04. The molecule has 1 saturated carbocycles. The Morgan fingerprint density at radius 3 is 2.85 bits per heavy atom. The van der Waals surface area contributed by atoms with Gasteiger partial charge < -0.3 is 9.88 Å². The normalized spacial score (nSPS) is 21.9. The summed E-state index contributed by atoms with van der Waals surface area (Å²) in [4.78, 5) is 28.4. The van der Waals surface area contributed by atoms with Crippen LogP contribution in [0, 0.1) is 0 Å². The summed E-state index contributed by atoms with van der Waals surface area (Å²) in [6.07, 6.45) is 7.86. The second-order valence-corrected chi connectivity index (χ2v) is 7.32. The van der Waals surface area contributed by atoms with Crippen LogP contribution in [0.3, 0.4) is 0 Å². The van der Waals surface area contributed by atoms with Gasteiger partial charge in [0.05, 0.1) is 0 Å². The molecule has 2 fully saturated rings. The number of pyridine rings is 1. The van der Waals surface area contributed by atoms with Gasteiger partial charge in [-0.1, -0.05) is 19.3 Å². The van der Waals surface area contributed by atoms with E-state index in [0.717, 1.165) is 18.8 Å². The average Bonchev–Trinajstić information content (AvgIpc) is 2.47. The first-order valence-electron chi connectivity index (χ1n) is 7.31. The summed E-state index contributed by atoms with van der Waals surface area (Å²) in [5.41, 5.74) is 0.293. The maximum atomic E-state index is 12.5. The van der Waals surface area contributed by atoms with E-state index < -0.39 is 0 Å². The number of amides is 1.